The summed E-state index contributed by atoms with van der Waals surface area (Å²) in [5.74, 6) is -2.61. The minimum absolute atomic E-state index is 0.150. The summed E-state index contributed by atoms with van der Waals surface area (Å²) in [7, 11) is 0. The topological polar surface area (TPSA) is 105 Å². The molecule has 0 bridgehead atoms. The molecule has 174 valence electrons. The first-order chi connectivity index (χ1) is 15.4. The smallest absolute Gasteiger partial charge is 0.416 e. The SMILES string of the molecule is CC1(C)NC(=O)N(CC(=O)OC(C(=O)Nc2cccc(C(F)(F)F)c2)c2ccccc2)C1=O. The van der Waals surface area contributed by atoms with E-state index >= 15 is 0 Å². The number of alkyl halides is 3. The number of rotatable bonds is 6. The van der Waals surface area contributed by atoms with Gasteiger partial charge in [-0.3, -0.25) is 19.3 Å². The minimum atomic E-state index is -4.61. The predicted molar refractivity (Wildman–Crippen MR) is 110 cm³/mol. The Kier molecular flexibility index (Phi) is 6.43. The quantitative estimate of drug-likeness (QED) is 0.506. The molecule has 33 heavy (non-hydrogen) atoms. The van der Waals surface area contributed by atoms with E-state index in [4.69, 9.17) is 4.74 Å². The van der Waals surface area contributed by atoms with Gasteiger partial charge in [-0.15, -0.1) is 0 Å². The van der Waals surface area contributed by atoms with E-state index in [9.17, 15) is 32.3 Å². The van der Waals surface area contributed by atoms with Gasteiger partial charge < -0.3 is 15.4 Å². The second-order valence-electron chi connectivity index (χ2n) is 7.79. The maximum absolute atomic E-state index is 13.0. The van der Waals surface area contributed by atoms with Crippen LogP contribution in [-0.4, -0.2) is 40.8 Å². The Morgan fingerprint density at radius 3 is 2.33 bits per heavy atom. The number of ether oxygens (including phenoxy) is 1. The van der Waals surface area contributed by atoms with Crippen molar-refractivity contribution >= 4 is 29.5 Å². The van der Waals surface area contributed by atoms with E-state index in [1.807, 2.05) is 0 Å². The average molecular weight is 463 g/mol. The van der Waals surface area contributed by atoms with Gasteiger partial charge in [0.1, 0.15) is 12.1 Å². The fourth-order valence-corrected chi connectivity index (χ4v) is 3.14. The normalized spacial score (nSPS) is 16.2. The first-order valence-corrected chi connectivity index (χ1v) is 9.75. The zero-order valence-corrected chi connectivity index (χ0v) is 17.6. The lowest BCUT2D eigenvalue weighted by atomic mass is 10.1. The molecular formula is C22H20F3N3O5. The zero-order chi connectivity index (χ0) is 24.4. The number of imide groups is 1. The van der Waals surface area contributed by atoms with Gasteiger partial charge in [0.05, 0.1) is 5.56 Å². The Labute approximate surface area is 186 Å². The zero-order valence-electron chi connectivity index (χ0n) is 17.6. The number of anilines is 1. The van der Waals surface area contributed by atoms with Crippen LogP contribution in [0.2, 0.25) is 0 Å². The van der Waals surface area contributed by atoms with Gasteiger partial charge in [-0.25, -0.2) is 4.79 Å². The van der Waals surface area contributed by atoms with E-state index in [-0.39, 0.29) is 11.3 Å². The van der Waals surface area contributed by atoms with Crippen LogP contribution in [0.25, 0.3) is 0 Å². The molecule has 1 aliphatic rings. The first kappa shape index (κ1) is 23.8. The molecule has 8 nitrogen and oxygen atoms in total. The van der Waals surface area contributed by atoms with Crippen molar-refractivity contribution in [2.24, 2.45) is 0 Å². The van der Waals surface area contributed by atoms with Crippen LogP contribution < -0.4 is 10.6 Å². The fraction of sp³-hybridized carbons (Fsp3) is 0.273. The van der Waals surface area contributed by atoms with E-state index in [0.29, 0.717) is 4.90 Å². The molecule has 0 aliphatic carbocycles. The molecule has 0 radical (unpaired) electrons. The number of urea groups is 1. The number of esters is 1. The molecule has 1 fully saturated rings. The van der Waals surface area contributed by atoms with Crippen LogP contribution in [0.1, 0.15) is 31.1 Å². The third-order valence-electron chi connectivity index (χ3n) is 4.78. The lowest BCUT2D eigenvalue weighted by molar-refractivity contribution is -0.156. The van der Waals surface area contributed by atoms with Gasteiger partial charge in [0.25, 0.3) is 11.8 Å². The number of benzene rings is 2. The molecule has 0 spiro atoms. The van der Waals surface area contributed by atoms with Crippen LogP contribution in [0.3, 0.4) is 0 Å². The second kappa shape index (κ2) is 8.93. The summed E-state index contributed by atoms with van der Waals surface area (Å²) in [6, 6.07) is 11.0. The van der Waals surface area contributed by atoms with Gasteiger partial charge in [0.2, 0.25) is 6.10 Å². The highest BCUT2D eigenvalue weighted by molar-refractivity contribution is 6.08. The molecule has 1 atom stereocenters. The predicted octanol–water partition coefficient (Wildman–Crippen LogP) is 3.26. The number of nitrogens with zero attached hydrogens (tertiary/aromatic N) is 1. The van der Waals surface area contributed by atoms with Gasteiger partial charge in [-0.2, -0.15) is 13.2 Å². The van der Waals surface area contributed by atoms with Gasteiger partial charge in [-0.1, -0.05) is 36.4 Å². The molecule has 1 aliphatic heterocycles. The fourth-order valence-electron chi connectivity index (χ4n) is 3.14. The van der Waals surface area contributed by atoms with E-state index in [1.54, 1.807) is 18.2 Å². The molecule has 1 heterocycles. The Hall–Kier alpha value is -3.89. The molecule has 0 saturated carbocycles. The van der Waals surface area contributed by atoms with Crippen molar-refractivity contribution in [2.75, 3.05) is 11.9 Å². The highest BCUT2D eigenvalue weighted by Gasteiger charge is 2.45. The van der Waals surface area contributed by atoms with Gasteiger partial charge >= 0.3 is 18.2 Å². The van der Waals surface area contributed by atoms with Crippen molar-refractivity contribution in [3.63, 3.8) is 0 Å². The van der Waals surface area contributed by atoms with Crippen LogP contribution in [0, 0.1) is 0 Å². The second-order valence-corrected chi connectivity index (χ2v) is 7.79. The maximum atomic E-state index is 13.0. The van der Waals surface area contributed by atoms with Gasteiger partial charge in [0, 0.05) is 11.3 Å². The average Bonchev–Trinajstić information content (AvgIpc) is 2.93. The summed E-state index contributed by atoms with van der Waals surface area (Å²) in [5, 5.41) is 4.72. The number of carbonyl (C=O) groups excluding carboxylic acids is 4. The van der Waals surface area contributed by atoms with Crippen molar-refractivity contribution in [1.82, 2.24) is 10.2 Å². The number of nitrogens with one attached hydrogen (secondary N) is 2. The van der Waals surface area contributed by atoms with Crippen LogP contribution in [0.4, 0.5) is 23.7 Å². The van der Waals surface area contributed by atoms with E-state index < -0.39 is 53.7 Å². The first-order valence-electron chi connectivity index (χ1n) is 9.75. The summed E-state index contributed by atoms with van der Waals surface area (Å²) in [5.41, 5.74) is -2.07. The molecule has 1 saturated heterocycles. The molecule has 4 amide bonds. The van der Waals surface area contributed by atoms with Crippen molar-refractivity contribution < 1.29 is 37.1 Å². The highest BCUT2D eigenvalue weighted by atomic mass is 19.4. The van der Waals surface area contributed by atoms with Crippen molar-refractivity contribution in [3.05, 3.63) is 65.7 Å². The monoisotopic (exact) mass is 463 g/mol. The molecule has 3 rings (SSSR count). The third-order valence-corrected chi connectivity index (χ3v) is 4.78. The van der Waals surface area contributed by atoms with Crippen molar-refractivity contribution in [2.45, 2.75) is 31.7 Å². The highest BCUT2D eigenvalue weighted by Crippen LogP contribution is 2.31. The Balaban J connectivity index is 1.78. The molecular weight excluding hydrogens is 443 g/mol. The Bertz CT molecular complexity index is 1090. The molecule has 2 N–H and O–H groups in total. The molecule has 2 aromatic carbocycles. The summed E-state index contributed by atoms with van der Waals surface area (Å²) < 4.78 is 44.1. The van der Waals surface area contributed by atoms with Gasteiger partial charge in [-0.05, 0) is 32.0 Å². The van der Waals surface area contributed by atoms with Gasteiger partial charge in [0.15, 0.2) is 0 Å². The van der Waals surface area contributed by atoms with Crippen molar-refractivity contribution in [1.29, 1.82) is 0 Å². The number of halogens is 3. The van der Waals surface area contributed by atoms with Crippen LogP contribution in [0.15, 0.2) is 54.6 Å². The lowest BCUT2D eigenvalue weighted by Crippen LogP contribution is -2.41. The summed E-state index contributed by atoms with van der Waals surface area (Å²) in [6.07, 6.45) is -6.15. The van der Waals surface area contributed by atoms with Crippen LogP contribution in [-0.2, 0) is 25.3 Å². The maximum Gasteiger partial charge on any atom is 0.416 e. The largest absolute Gasteiger partial charge is 0.446 e. The molecule has 0 aromatic heterocycles. The number of carbonyl (C=O) groups is 4. The van der Waals surface area contributed by atoms with Crippen LogP contribution in [0.5, 0.6) is 0 Å². The minimum Gasteiger partial charge on any atom is -0.446 e. The Morgan fingerprint density at radius 1 is 1.09 bits per heavy atom. The van der Waals surface area contributed by atoms with E-state index in [2.05, 4.69) is 10.6 Å². The third kappa shape index (κ3) is 5.48. The Morgan fingerprint density at radius 2 is 1.76 bits per heavy atom. The van der Waals surface area contributed by atoms with E-state index in [1.165, 1.54) is 32.0 Å². The summed E-state index contributed by atoms with van der Waals surface area (Å²) in [6.45, 7) is 2.19. The lowest BCUT2D eigenvalue weighted by Gasteiger charge is -2.20. The molecule has 11 heteroatoms. The number of hydrogen-bond donors (Lipinski definition) is 2. The summed E-state index contributed by atoms with van der Waals surface area (Å²) in [4.78, 5) is 50.3. The molecule has 2 aromatic rings. The summed E-state index contributed by atoms with van der Waals surface area (Å²) >= 11 is 0. The number of amides is 4. The van der Waals surface area contributed by atoms with Crippen molar-refractivity contribution in [3.8, 4) is 0 Å². The van der Waals surface area contributed by atoms with Crippen LogP contribution >= 0.6 is 0 Å². The van der Waals surface area contributed by atoms with E-state index in [0.717, 1.165) is 18.2 Å². The number of hydrogen-bond acceptors (Lipinski definition) is 5. The molecule has 1 unspecified atom stereocenters. The standard InChI is InChI=1S/C22H20F3N3O5/c1-21(2)19(31)28(20(32)27-21)12-16(29)33-17(13-7-4-3-5-8-13)18(30)26-15-10-6-9-14(11-15)22(23,24)25/h3-11,17H,12H2,1-2H3,(H,26,30)(H,27,32).